The molecule has 0 aliphatic heterocycles. The Hall–Kier alpha value is -1.51. The van der Waals surface area contributed by atoms with Crippen molar-refractivity contribution in [3.63, 3.8) is 0 Å². The molecule has 0 saturated heterocycles. The fourth-order valence-electron chi connectivity index (χ4n) is 1.80. The van der Waals surface area contributed by atoms with Crippen LogP contribution in [-0.2, 0) is 4.79 Å². The molecule has 0 unspecified atom stereocenters. The van der Waals surface area contributed by atoms with E-state index in [4.69, 9.17) is 4.74 Å². The summed E-state index contributed by atoms with van der Waals surface area (Å²) in [5.74, 6) is 1.83. The van der Waals surface area contributed by atoms with Crippen molar-refractivity contribution in [2.24, 2.45) is 5.92 Å². The first-order valence-corrected chi connectivity index (χ1v) is 6.67. The monoisotopic (exact) mass is 247 g/mol. The van der Waals surface area contributed by atoms with Gasteiger partial charge in [-0.05, 0) is 36.5 Å². The van der Waals surface area contributed by atoms with Gasteiger partial charge in [0.1, 0.15) is 12.4 Å². The molecule has 0 heterocycles. The topological polar surface area (TPSA) is 38.3 Å². The summed E-state index contributed by atoms with van der Waals surface area (Å²) >= 11 is 0. The lowest BCUT2D eigenvalue weighted by Crippen LogP contribution is -2.29. The van der Waals surface area contributed by atoms with Crippen LogP contribution in [0.2, 0.25) is 0 Å². The Balaban J connectivity index is 1.72. The number of hydrogen-bond acceptors (Lipinski definition) is 2. The molecule has 0 radical (unpaired) electrons. The van der Waals surface area contributed by atoms with E-state index in [0.29, 0.717) is 19.1 Å². The van der Waals surface area contributed by atoms with Crippen molar-refractivity contribution < 1.29 is 9.53 Å². The van der Waals surface area contributed by atoms with Gasteiger partial charge in [-0.2, -0.15) is 0 Å². The summed E-state index contributed by atoms with van der Waals surface area (Å²) in [4.78, 5) is 11.4. The molecule has 0 spiro atoms. The molecule has 1 aromatic rings. The highest BCUT2D eigenvalue weighted by atomic mass is 16.5. The van der Waals surface area contributed by atoms with Crippen LogP contribution in [0.4, 0.5) is 0 Å². The average molecular weight is 247 g/mol. The summed E-state index contributed by atoms with van der Waals surface area (Å²) in [5, 5.41) is 2.89. The van der Waals surface area contributed by atoms with Gasteiger partial charge in [-0.25, -0.2) is 0 Å². The molecule has 0 aromatic heterocycles. The molecule has 0 bridgehead atoms. The van der Waals surface area contributed by atoms with E-state index in [-0.39, 0.29) is 11.8 Å². The number of ether oxygens (including phenoxy) is 1. The van der Waals surface area contributed by atoms with Crippen LogP contribution in [-0.4, -0.2) is 19.1 Å². The Morgan fingerprint density at radius 3 is 2.89 bits per heavy atom. The van der Waals surface area contributed by atoms with E-state index in [0.717, 1.165) is 18.6 Å². The number of carbonyl (C=O) groups is 1. The van der Waals surface area contributed by atoms with Gasteiger partial charge in [-0.1, -0.05) is 26.0 Å². The van der Waals surface area contributed by atoms with Gasteiger partial charge in [0.25, 0.3) is 0 Å². The van der Waals surface area contributed by atoms with Crippen molar-refractivity contribution in [3.05, 3.63) is 29.8 Å². The fourth-order valence-corrected chi connectivity index (χ4v) is 1.80. The number of hydrogen-bond donors (Lipinski definition) is 1. The largest absolute Gasteiger partial charge is 0.492 e. The fraction of sp³-hybridized carbons (Fsp3) is 0.533. The van der Waals surface area contributed by atoms with E-state index in [1.165, 1.54) is 5.56 Å². The number of rotatable bonds is 6. The van der Waals surface area contributed by atoms with Crippen LogP contribution in [0.5, 0.6) is 5.75 Å². The minimum Gasteiger partial charge on any atom is -0.492 e. The second-order valence-electron chi connectivity index (χ2n) is 5.14. The van der Waals surface area contributed by atoms with Crippen LogP contribution >= 0.6 is 0 Å². The molecule has 1 aliphatic carbocycles. The highest BCUT2D eigenvalue weighted by molar-refractivity contribution is 5.80. The summed E-state index contributed by atoms with van der Waals surface area (Å²) < 4.78 is 5.63. The molecule has 1 aliphatic rings. The lowest BCUT2D eigenvalue weighted by atomic mass is 10.0. The van der Waals surface area contributed by atoms with Crippen molar-refractivity contribution in [2.75, 3.05) is 13.2 Å². The minimum atomic E-state index is 0.175. The quantitative estimate of drug-likeness (QED) is 0.785. The molecule has 18 heavy (non-hydrogen) atoms. The predicted octanol–water partition coefficient (Wildman–Crippen LogP) is 2.72. The molecule has 1 aromatic carbocycles. The normalized spacial score (nSPS) is 14.6. The van der Waals surface area contributed by atoms with Gasteiger partial charge < -0.3 is 10.1 Å². The standard InChI is InChI=1S/C15H21NO2/c1-11(2)13-4-3-5-14(10-13)18-9-8-16-15(17)12-6-7-12/h3-5,10-12H,6-9H2,1-2H3,(H,16,17). The molecule has 1 amide bonds. The van der Waals surface area contributed by atoms with Crippen molar-refractivity contribution in [1.29, 1.82) is 0 Å². The van der Waals surface area contributed by atoms with Crippen LogP contribution in [0.25, 0.3) is 0 Å². The maximum Gasteiger partial charge on any atom is 0.223 e. The Bertz CT molecular complexity index is 411. The third-order valence-electron chi connectivity index (χ3n) is 3.14. The molecule has 3 heteroatoms. The smallest absolute Gasteiger partial charge is 0.223 e. The Labute approximate surface area is 109 Å². The first-order valence-electron chi connectivity index (χ1n) is 6.67. The molecule has 1 fully saturated rings. The molecule has 3 nitrogen and oxygen atoms in total. The van der Waals surface area contributed by atoms with Crippen LogP contribution in [0.15, 0.2) is 24.3 Å². The van der Waals surface area contributed by atoms with E-state index in [1.54, 1.807) is 0 Å². The van der Waals surface area contributed by atoms with E-state index >= 15 is 0 Å². The maximum atomic E-state index is 11.4. The summed E-state index contributed by atoms with van der Waals surface area (Å²) in [6.45, 7) is 5.44. The number of nitrogens with one attached hydrogen (secondary N) is 1. The van der Waals surface area contributed by atoms with Crippen LogP contribution in [0, 0.1) is 5.92 Å². The highest BCUT2D eigenvalue weighted by Crippen LogP contribution is 2.28. The zero-order valence-corrected chi connectivity index (χ0v) is 11.1. The Morgan fingerprint density at radius 2 is 2.22 bits per heavy atom. The van der Waals surface area contributed by atoms with Crippen molar-refractivity contribution in [1.82, 2.24) is 5.32 Å². The molecule has 98 valence electrons. The van der Waals surface area contributed by atoms with E-state index in [2.05, 4.69) is 31.3 Å². The molecule has 1 N–H and O–H groups in total. The first kappa shape index (κ1) is 12.9. The molecule has 1 saturated carbocycles. The lowest BCUT2D eigenvalue weighted by Gasteiger charge is -2.10. The molecule has 0 atom stereocenters. The van der Waals surface area contributed by atoms with Gasteiger partial charge in [0.15, 0.2) is 0 Å². The molecular formula is C15H21NO2. The highest BCUT2D eigenvalue weighted by Gasteiger charge is 2.28. The van der Waals surface area contributed by atoms with E-state index in [9.17, 15) is 4.79 Å². The Morgan fingerprint density at radius 1 is 1.44 bits per heavy atom. The van der Waals surface area contributed by atoms with Gasteiger partial charge >= 0.3 is 0 Å². The zero-order valence-electron chi connectivity index (χ0n) is 11.1. The van der Waals surface area contributed by atoms with Crippen molar-refractivity contribution in [3.8, 4) is 5.75 Å². The summed E-state index contributed by atoms with van der Waals surface area (Å²) in [7, 11) is 0. The molecular weight excluding hydrogens is 226 g/mol. The van der Waals surface area contributed by atoms with E-state index < -0.39 is 0 Å². The summed E-state index contributed by atoms with van der Waals surface area (Å²) in [6.07, 6.45) is 2.09. The van der Waals surface area contributed by atoms with Gasteiger partial charge in [-0.15, -0.1) is 0 Å². The maximum absolute atomic E-state index is 11.4. The van der Waals surface area contributed by atoms with Crippen molar-refractivity contribution in [2.45, 2.75) is 32.6 Å². The van der Waals surface area contributed by atoms with Gasteiger partial charge in [-0.3, -0.25) is 4.79 Å². The average Bonchev–Trinajstić information content (AvgIpc) is 3.19. The number of amides is 1. The molecule has 2 rings (SSSR count). The van der Waals surface area contributed by atoms with Crippen LogP contribution in [0.1, 0.15) is 38.2 Å². The van der Waals surface area contributed by atoms with Crippen molar-refractivity contribution >= 4 is 5.91 Å². The third kappa shape index (κ3) is 3.76. The first-order chi connectivity index (χ1) is 8.66. The number of carbonyl (C=O) groups excluding carboxylic acids is 1. The van der Waals surface area contributed by atoms with Gasteiger partial charge in [0.05, 0.1) is 6.54 Å². The van der Waals surface area contributed by atoms with Gasteiger partial charge in [0, 0.05) is 5.92 Å². The SMILES string of the molecule is CC(C)c1cccc(OCCNC(=O)C2CC2)c1. The second-order valence-corrected chi connectivity index (χ2v) is 5.14. The third-order valence-corrected chi connectivity index (χ3v) is 3.14. The predicted molar refractivity (Wildman–Crippen MR) is 71.8 cm³/mol. The van der Waals surface area contributed by atoms with E-state index in [1.807, 2.05) is 12.1 Å². The summed E-state index contributed by atoms with van der Waals surface area (Å²) in [6, 6.07) is 8.13. The lowest BCUT2D eigenvalue weighted by molar-refractivity contribution is -0.122. The van der Waals surface area contributed by atoms with Gasteiger partial charge in [0.2, 0.25) is 5.91 Å². The Kier molecular flexibility index (Phi) is 4.24. The summed E-state index contributed by atoms with van der Waals surface area (Å²) in [5.41, 5.74) is 1.27. The zero-order chi connectivity index (χ0) is 13.0. The number of benzene rings is 1. The van der Waals surface area contributed by atoms with Crippen LogP contribution < -0.4 is 10.1 Å². The second kappa shape index (κ2) is 5.89. The van der Waals surface area contributed by atoms with Crippen LogP contribution in [0.3, 0.4) is 0 Å². The minimum absolute atomic E-state index is 0.175.